The van der Waals surface area contributed by atoms with Gasteiger partial charge in [-0.05, 0) is 17.7 Å². The van der Waals surface area contributed by atoms with Crippen molar-refractivity contribution in [3.63, 3.8) is 0 Å². The molecule has 23 heavy (non-hydrogen) atoms. The Balaban J connectivity index is 1.96. The molecule has 7 heteroatoms. The molecule has 2 amide bonds. The molecule has 116 valence electrons. The van der Waals surface area contributed by atoms with Crippen LogP contribution in [0.4, 0.5) is 5.69 Å². The Labute approximate surface area is 131 Å². The summed E-state index contributed by atoms with van der Waals surface area (Å²) in [4.78, 5) is 33.7. The van der Waals surface area contributed by atoms with E-state index in [1.54, 1.807) is 6.08 Å². The minimum Gasteiger partial charge on any atom is -0.268 e. The van der Waals surface area contributed by atoms with E-state index in [1.807, 2.05) is 30.3 Å². The second-order valence-electron chi connectivity index (χ2n) is 4.46. The summed E-state index contributed by atoms with van der Waals surface area (Å²) >= 11 is 0. The third kappa shape index (κ3) is 4.50. The Kier molecular flexibility index (Phi) is 5.19. The molecular formula is C16H13N3O4. The summed E-state index contributed by atoms with van der Waals surface area (Å²) in [5, 5.41) is 10.9. The van der Waals surface area contributed by atoms with Gasteiger partial charge in [-0.15, -0.1) is 0 Å². The molecule has 7 nitrogen and oxygen atoms in total. The zero-order valence-electron chi connectivity index (χ0n) is 11.9. The first-order valence-corrected chi connectivity index (χ1v) is 6.65. The van der Waals surface area contributed by atoms with Gasteiger partial charge in [-0.1, -0.05) is 42.5 Å². The summed E-state index contributed by atoms with van der Waals surface area (Å²) in [5.41, 5.74) is 4.66. The number of nitrogens with one attached hydrogen (secondary N) is 2. The molecular weight excluding hydrogens is 298 g/mol. The van der Waals surface area contributed by atoms with Crippen molar-refractivity contribution in [2.24, 2.45) is 0 Å². The number of carbonyl (C=O) groups is 2. The van der Waals surface area contributed by atoms with E-state index in [2.05, 4.69) is 10.9 Å². The number of amides is 2. The zero-order valence-corrected chi connectivity index (χ0v) is 11.9. The summed E-state index contributed by atoms with van der Waals surface area (Å²) in [5.74, 6) is -1.32. The summed E-state index contributed by atoms with van der Waals surface area (Å²) in [7, 11) is 0. The summed E-state index contributed by atoms with van der Waals surface area (Å²) < 4.78 is 0. The Bertz CT molecular complexity index is 757. The monoisotopic (exact) mass is 311 g/mol. The highest BCUT2D eigenvalue weighted by Crippen LogP contribution is 2.16. The number of hydrogen-bond donors (Lipinski definition) is 2. The van der Waals surface area contributed by atoms with E-state index in [1.165, 1.54) is 30.3 Å². The molecule has 0 aliphatic rings. The van der Waals surface area contributed by atoms with E-state index >= 15 is 0 Å². The Morgan fingerprint density at radius 1 is 0.957 bits per heavy atom. The van der Waals surface area contributed by atoms with E-state index in [-0.39, 0.29) is 11.3 Å². The normalized spacial score (nSPS) is 10.3. The van der Waals surface area contributed by atoms with E-state index in [4.69, 9.17) is 0 Å². The van der Waals surface area contributed by atoms with Gasteiger partial charge in [-0.3, -0.25) is 30.6 Å². The molecule has 2 aromatic rings. The Morgan fingerprint density at radius 2 is 1.61 bits per heavy atom. The summed E-state index contributed by atoms with van der Waals surface area (Å²) in [6, 6.07) is 14.6. The van der Waals surface area contributed by atoms with Crippen molar-refractivity contribution in [2.45, 2.75) is 0 Å². The van der Waals surface area contributed by atoms with Crippen molar-refractivity contribution in [1.82, 2.24) is 10.9 Å². The van der Waals surface area contributed by atoms with Gasteiger partial charge in [-0.2, -0.15) is 0 Å². The van der Waals surface area contributed by atoms with E-state index < -0.39 is 16.7 Å². The number of hydrazine groups is 1. The third-order valence-electron chi connectivity index (χ3n) is 2.87. The molecule has 0 atom stereocenters. The number of carbonyl (C=O) groups excluding carboxylic acids is 2. The fourth-order valence-electron chi connectivity index (χ4n) is 1.79. The smallest absolute Gasteiger partial charge is 0.268 e. The Hall–Kier alpha value is -3.48. The lowest BCUT2D eigenvalue weighted by molar-refractivity contribution is -0.385. The number of nitro benzene ring substituents is 1. The number of nitro groups is 1. The highest BCUT2D eigenvalue weighted by Gasteiger charge is 2.19. The van der Waals surface area contributed by atoms with Crippen molar-refractivity contribution in [1.29, 1.82) is 0 Å². The lowest BCUT2D eigenvalue weighted by Crippen LogP contribution is -2.40. The largest absolute Gasteiger partial charge is 0.282 e. The van der Waals surface area contributed by atoms with Gasteiger partial charge in [0.1, 0.15) is 5.56 Å². The minimum atomic E-state index is -0.765. The molecule has 0 bridgehead atoms. The van der Waals surface area contributed by atoms with Crippen molar-refractivity contribution in [3.8, 4) is 0 Å². The molecule has 2 rings (SSSR count). The molecule has 0 radical (unpaired) electrons. The number of rotatable bonds is 4. The lowest BCUT2D eigenvalue weighted by Gasteiger charge is -2.05. The van der Waals surface area contributed by atoms with Gasteiger partial charge in [-0.25, -0.2) is 0 Å². The van der Waals surface area contributed by atoms with Crippen LogP contribution in [0.1, 0.15) is 15.9 Å². The van der Waals surface area contributed by atoms with Crippen molar-refractivity contribution >= 4 is 23.6 Å². The first-order valence-electron chi connectivity index (χ1n) is 6.65. The molecule has 0 spiro atoms. The summed E-state index contributed by atoms with van der Waals surface area (Å²) in [6.45, 7) is 0. The number of hydrogen-bond acceptors (Lipinski definition) is 4. The highest BCUT2D eigenvalue weighted by molar-refractivity contribution is 6.00. The molecule has 0 unspecified atom stereocenters. The Morgan fingerprint density at radius 3 is 2.30 bits per heavy atom. The molecule has 0 aliphatic heterocycles. The maximum atomic E-state index is 11.9. The topological polar surface area (TPSA) is 101 Å². The molecule has 2 N–H and O–H groups in total. The number of nitrogens with zero attached hydrogens (tertiary/aromatic N) is 1. The van der Waals surface area contributed by atoms with Gasteiger partial charge >= 0.3 is 0 Å². The van der Waals surface area contributed by atoms with Crippen LogP contribution in [-0.2, 0) is 4.79 Å². The molecule has 0 aliphatic carbocycles. The van der Waals surface area contributed by atoms with Crippen LogP contribution in [-0.4, -0.2) is 16.7 Å². The maximum Gasteiger partial charge on any atom is 0.282 e. The quantitative estimate of drug-likeness (QED) is 0.512. The molecule has 0 saturated carbocycles. The predicted molar refractivity (Wildman–Crippen MR) is 84.2 cm³/mol. The van der Waals surface area contributed by atoms with Crippen molar-refractivity contribution < 1.29 is 14.5 Å². The average Bonchev–Trinajstić information content (AvgIpc) is 2.58. The fourth-order valence-corrected chi connectivity index (χ4v) is 1.79. The van der Waals surface area contributed by atoms with Crippen molar-refractivity contribution in [2.75, 3.05) is 0 Å². The van der Waals surface area contributed by atoms with E-state index in [9.17, 15) is 19.7 Å². The number of para-hydroxylation sites is 1. The second kappa shape index (κ2) is 7.51. The van der Waals surface area contributed by atoms with Gasteiger partial charge in [0, 0.05) is 12.1 Å². The minimum absolute atomic E-state index is 0.134. The third-order valence-corrected chi connectivity index (χ3v) is 2.87. The molecule has 2 aromatic carbocycles. The zero-order chi connectivity index (χ0) is 16.7. The first-order chi connectivity index (χ1) is 11.1. The molecule has 0 aromatic heterocycles. The first kappa shape index (κ1) is 15.9. The van der Waals surface area contributed by atoms with Crippen molar-refractivity contribution in [3.05, 3.63) is 81.9 Å². The standard InChI is InChI=1S/C16H13N3O4/c20-15(11-10-12-6-2-1-3-7-12)17-18-16(21)13-8-4-5-9-14(13)19(22)23/h1-11H,(H,17,20)(H,18,21). The van der Waals surface area contributed by atoms with E-state index in [0.717, 1.165) is 5.56 Å². The molecule has 0 fully saturated rings. The average molecular weight is 311 g/mol. The van der Waals surface area contributed by atoms with Gasteiger partial charge in [0.25, 0.3) is 17.5 Å². The second-order valence-corrected chi connectivity index (χ2v) is 4.46. The van der Waals surface area contributed by atoms with Crippen LogP contribution in [0.3, 0.4) is 0 Å². The van der Waals surface area contributed by atoms with Crippen LogP contribution in [0.2, 0.25) is 0 Å². The van der Waals surface area contributed by atoms with Crippen LogP contribution in [0.15, 0.2) is 60.7 Å². The van der Waals surface area contributed by atoms with E-state index in [0.29, 0.717) is 0 Å². The number of benzene rings is 2. The van der Waals surface area contributed by atoms with Gasteiger partial charge in [0.2, 0.25) is 0 Å². The van der Waals surface area contributed by atoms with Crippen LogP contribution in [0.25, 0.3) is 6.08 Å². The fraction of sp³-hybridized carbons (Fsp3) is 0. The predicted octanol–water partition coefficient (Wildman–Crippen LogP) is 2.07. The lowest BCUT2D eigenvalue weighted by atomic mass is 10.2. The molecule has 0 saturated heterocycles. The van der Waals surface area contributed by atoms with Crippen LogP contribution in [0.5, 0.6) is 0 Å². The maximum absolute atomic E-state index is 11.9. The highest BCUT2D eigenvalue weighted by atomic mass is 16.6. The summed E-state index contributed by atoms with van der Waals surface area (Å²) in [6.07, 6.45) is 2.82. The SMILES string of the molecule is O=C(C=Cc1ccccc1)NNC(=O)c1ccccc1[N+](=O)[O-]. The van der Waals surface area contributed by atoms with Crippen LogP contribution >= 0.6 is 0 Å². The van der Waals surface area contributed by atoms with Gasteiger partial charge < -0.3 is 0 Å². The molecule has 0 heterocycles. The van der Waals surface area contributed by atoms with Crippen LogP contribution in [0, 0.1) is 10.1 Å². The van der Waals surface area contributed by atoms with Gasteiger partial charge in [0.05, 0.1) is 4.92 Å². The van der Waals surface area contributed by atoms with Crippen LogP contribution < -0.4 is 10.9 Å². The van der Waals surface area contributed by atoms with Gasteiger partial charge in [0.15, 0.2) is 0 Å².